The Bertz CT molecular complexity index is 1120. The molecule has 0 unspecified atom stereocenters. The first-order valence-electron chi connectivity index (χ1n) is 9.35. The Labute approximate surface area is 165 Å². The molecule has 0 radical (unpaired) electrons. The molecule has 9 nitrogen and oxygen atoms in total. The molecule has 5 rings (SSSR count). The van der Waals surface area contributed by atoms with Gasteiger partial charge in [0.2, 0.25) is 5.88 Å². The van der Waals surface area contributed by atoms with Crippen molar-refractivity contribution in [1.82, 2.24) is 24.9 Å². The highest BCUT2D eigenvalue weighted by Gasteiger charge is 2.30. The summed E-state index contributed by atoms with van der Waals surface area (Å²) < 4.78 is 27.1. The highest BCUT2D eigenvalue weighted by Crippen LogP contribution is 2.35. The Hall–Kier alpha value is -3.43. The van der Waals surface area contributed by atoms with Gasteiger partial charge in [0.15, 0.2) is 17.2 Å². The largest absolute Gasteiger partial charge is 0.486 e. The summed E-state index contributed by atoms with van der Waals surface area (Å²) in [5.41, 5.74) is 1.38. The molecule has 10 heteroatoms. The van der Waals surface area contributed by atoms with Gasteiger partial charge >= 0.3 is 0 Å². The van der Waals surface area contributed by atoms with E-state index in [0.29, 0.717) is 47.4 Å². The summed E-state index contributed by atoms with van der Waals surface area (Å²) in [5.74, 6) is 0.692. The first kappa shape index (κ1) is 17.7. The number of hydrogen-bond donors (Lipinski definition) is 1. The molecule has 3 aromatic rings. The minimum absolute atomic E-state index is 0.0298. The molecule has 0 aliphatic carbocycles. The van der Waals surface area contributed by atoms with Gasteiger partial charge in [-0.15, -0.1) is 0 Å². The molecule has 150 valence electrons. The second-order valence-electron chi connectivity index (χ2n) is 7.35. The van der Waals surface area contributed by atoms with E-state index in [1.807, 2.05) is 18.7 Å². The summed E-state index contributed by atoms with van der Waals surface area (Å²) in [4.78, 5) is 23.5. The lowest BCUT2D eigenvalue weighted by atomic mass is 10.2. The van der Waals surface area contributed by atoms with Gasteiger partial charge in [-0.05, 0) is 19.9 Å². The number of carbonyl (C=O) groups is 1. The van der Waals surface area contributed by atoms with E-state index in [0.717, 1.165) is 6.20 Å². The lowest BCUT2D eigenvalue weighted by Gasteiger charge is -2.35. The maximum absolute atomic E-state index is 13.9. The molecule has 1 amide bonds. The normalized spacial score (nSPS) is 21.3. The summed E-state index contributed by atoms with van der Waals surface area (Å²) in [6, 6.07) is 1.08. The summed E-state index contributed by atoms with van der Waals surface area (Å²) in [6.45, 7) is 4.77. The first-order valence-corrected chi connectivity index (χ1v) is 9.35. The molecule has 5 heterocycles. The average molecular weight is 398 g/mol. The smallest absolute Gasteiger partial charge is 0.257 e. The molecule has 2 aliphatic heterocycles. The number of nitrogens with one attached hydrogen (secondary N) is 1. The number of hydrogen-bond acceptors (Lipinski definition) is 7. The first-order chi connectivity index (χ1) is 14.0. The predicted molar refractivity (Wildman–Crippen MR) is 101 cm³/mol. The maximum atomic E-state index is 13.9. The van der Waals surface area contributed by atoms with Gasteiger partial charge in [-0.3, -0.25) is 4.79 Å². The molecule has 29 heavy (non-hydrogen) atoms. The third-order valence-electron chi connectivity index (χ3n) is 5.05. The van der Waals surface area contributed by atoms with E-state index in [4.69, 9.17) is 14.5 Å². The Balaban J connectivity index is 1.70. The van der Waals surface area contributed by atoms with Gasteiger partial charge in [-0.25, -0.2) is 18.9 Å². The van der Waals surface area contributed by atoms with Crippen LogP contribution in [0.15, 0.2) is 24.7 Å². The molecule has 0 aromatic carbocycles. The van der Waals surface area contributed by atoms with Crippen LogP contribution in [0.25, 0.3) is 5.65 Å². The van der Waals surface area contributed by atoms with Crippen LogP contribution in [0.4, 0.5) is 10.2 Å². The summed E-state index contributed by atoms with van der Waals surface area (Å²) >= 11 is 0. The van der Waals surface area contributed by atoms with Crippen molar-refractivity contribution in [2.45, 2.75) is 32.5 Å². The average Bonchev–Trinajstić information content (AvgIpc) is 3.10. The molecule has 2 bridgehead atoms. The predicted octanol–water partition coefficient (Wildman–Crippen LogP) is 1.56. The standard InChI is InChI=1S/C19H19FN6O3/c1-10-8-29-19-12(3-13(20)4-21-19)6-25-11(2)9-28-15-7-26-16(24-17(15)25)14(5-22-26)18(27)23-10/h3-5,7,10-11H,6,8-9H2,1-2H3,(H,23,27)/t10-,11-/m1/s1. The van der Waals surface area contributed by atoms with Crippen molar-refractivity contribution in [3.8, 4) is 11.6 Å². The highest BCUT2D eigenvalue weighted by molar-refractivity contribution is 6.00. The number of aromatic nitrogens is 4. The zero-order chi connectivity index (χ0) is 20.1. The summed E-state index contributed by atoms with van der Waals surface area (Å²) in [5, 5.41) is 7.11. The Kier molecular flexibility index (Phi) is 4.00. The van der Waals surface area contributed by atoms with Crippen LogP contribution in [0, 0.1) is 5.82 Å². The zero-order valence-corrected chi connectivity index (χ0v) is 15.9. The van der Waals surface area contributed by atoms with Gasteiger partial charge in [0.1, 0.15) is 24.6 Å². The zero-order valence-electron chi connectivity index (χ0n) is 15.9. The number of nitrogens with zero attached hydrogens (tertiary/aromatic N) is 5. The van der Waals surface area contributed by atoms with Crippen LogP contribution in [0.1, 0.15) is 29.8 Å². The highest BCUT2D eigenvalue weighted by atomic mass is 19.1. The van der Waals surface area contributed by atoms with E-state index in [1.165, 1.54) is 16.8 Å². The molecule has 0 spiro atoms. The second kappa shape index (κ2) is 6.57. The number of ether oxygens (including phenoxy) is 2. The third kappa shape index (κ3) is 3.00. The number of rotatable bonds is 0. The Morgan fingerprint density at radius 1 is 1.24 bits per heavy atom. The minimum atomic E-state index is -0.444. The van der Waals surface area contributed by atoms with Crippen LogP contribution in [0.3, 0.4) is 0 Å². The van der Waals surface area contributed by atoms with E-state index in [-0.39, 0.29) is 24.6 Å². The topological polar surface area (TPSA) is 93.9 Å². The summed E-state index contributed by atoms with van der Waals surface area (Å²) in [6.07, 6.45) is 4.31. The van der Waals surface area contributed by atoms with Crippen LogP contribution in [0.2, 0.25) is 0 Å². The molecular formula is C19H19FN6O3. The van der Waals surface area contributed by atoms with Crippen molar-refractivity contribution in [3.63, 3.8) is 0 Å². The number of pyridine rings is 1. The van der Waals surface area contributed by atoms with Crippen molar-refractivity contribution in [2.24, 2.45) is 0 Å². The van der Waals surface area contributed by atoms with Crippen molar-refractivity contribution < 1.29 is 18.7 Å². The van der Waals surface area contributed by atoms with Gasteiger partial charge < -0.3 is 19.7 Å². The number of carbonyl (C=O) groups excluding carboxylic acids is 1. The molecule has 2 atom stereocenters. The van der Waals surface area contributed by atoms with Gasteiger partial charge in [0.05, 0.1) is 37.2 Å². The fraction of sp³-hybridized carbons (Fsp3) is 0.368. The molecule has 2 aliphatic rings. The number of halogens is 1. The SMILES string of the molecule is C[C@@H]1COc2ncc(F)cc2CN2c3nc4c(cnn4cc3OC[C@H]2C)C(=O)N1. The monoisotopic (exact) mass is 398 g/mol. The Morgan fingerprint density at radius 2 is 2.10 bits per heavy atom. The van der Waals surface area contributed by atoms with Gasteiger partial charge in [0, 0.05) is 5.56 Å². The van der Waals surface area contributed by atoms with Gasteiger partial charge in [0.25, 0.3) is 5.91 Å². The van der Waals surface area contributed by atoms with Gasteiger partial charge in [-0.1, -0.05) is 0 Å². The van der Waals surface area contributed by atoms with E-state index in [9.17, 15) is 9.18 Å². The number of fused-ring (bicyclic) bond motifs is 1. The molecule has 0 saturated carbocycles. The van der Waals surface area contributed by atoms with Crippen LogP contribution >= 0.6 is 0 Å². The quantitative estimate of drug-likeness (QED) is 0.614. The van der Waals surface area contributed by atoms with E-state index in [1.54, 1.807) is 6.20 Å². The lowest BCUT2D eigenvalue weighted by molar-refractivity contribution is 0.0927. The summed E-state index contributed by atoms with van der Waals surface area (Å²) in [7, 11) is 0. The molecule has 3 aromatic heterocycles. The number of anilines is 1. The van der Waals surface area contributed by atoms with Crippen molar-refractivity contribution in [3.05, 3.63) is 41.6 Å². The van der Waals surface area contributed by atoms with Crippen LogP contribution < -0.4 is 19.7 Å². The molecular weight excluding hydrogens is 379 g/mol. The fourth-order valence-electron chi connectivity index (χ4n) is 3.54. The molecule has 0 saturated heterocycles. The van der Waals surface area contributed by atoms with Crippen molar-refractivity contribution in [2.75, 3.05) is 18.1 Å². The van der Waals surface area contributed by atoms with Crippen LogP contribution in [-0.4, -0.2) is 50.8 Å². The van der Waals surface area contributed by atoms with Gasteiger partial charge in [-0.2, -0.15) is 5.10 Å². The van der Waals surface area contributed by atoms with Crippen molar-refractivity contribution >= 4 is 17.4 Å². The maximum Gasteiger partial charge on any atom is 0.257 e. The van der Waals surface area contributed by atoms with Crippen LogP contribution in [0.5, 0.6) is 11.6 Å². The Morgan fingerprint density at radius 3 is 2.97 bits per heavy atom. The molecule has 1 N–H and O–H groups in total. The second-order valence-corrected chi connectivity index (χ2v) is 7.35. The number of amides is 1. The fourth-order valence-corrected chi connectivity index (χ4v) is 3.54. The third-order valence-corrected chi connectivity index (χ3v) is 5.05. The van der Waals surface area contributed by atoms with Crippen molar-refractivity contribution in [1.29, 1.82) is 0 Å². The van der Waals surface area contributed by atoms with E-state index in [2.05, 4.69) is 15.4 Å². The van der Waals surface area contributed by atoms with E-state index < -0.39 is 5.82 Å². The van der Waals surface area contributed by atoms with Crippen LogP contribution in [-0.2, 0) is 6.54 Å². The molecule has 0 fully saturated rings. The van der Waals surface area contributed by atoms with E-state index >= 15 is 0 Å². The minimum Gasteiger partial charge on any atom is -0.486 e. The lowest BCUT2D eigenvalue weighted by Crippen LogP contribution is -2.41.